The van der Waals surface area contributed by atoms with Crippen LogP contribution in [-0.2, 0) is 0 Å². The molecule has 2 nitrogen and oxygen atoms in total. The van der Waals surface area contributed by atoms with E-state index in [2.05, 4.69) is 53.4 Å². The molecule has 0 bridgehead atoms. The molecule has 0 aromatic rings. The van der Waals surface area contributed by atoms with Crippen LogP contribution in [-0.4, -0.2) is 30.7 Å². The summed E-state index contributed by atoms with van der Waals surface area (Å²) in [4.78, 5) is 2.71. The van der Waals surface area contributed by atoms with Gasteiger partial charge in [0, 0.05) is 13.1 Å². The minimum Gasteiger partial charge on any atom is -0.286 e. The van der Waals surface area contributed by atoms with E-state index in [1.807, 2.05) is 0 Å². The third-order valence-electron chi connectivity index (χ3n) is 5.51. The smallest absolute Gasteiger partial charge is 0.0812 e. The standard InChI is InChI=1S/C19H37N2/c1-15-8-11-21(14-18(4,5)12-15)16-19(6,7)13-17(2,3)9-10-20-16/h15-16H,8-14H2,1-7H3. The maximum absolute atomic E-state index is 5.15. The second-order valence-electron chi connectivity index (χ2n) is 10.1. The van der Waals surface area contributed by atoms with Crippen LogP contribution in [0.2, 0.25) is 0 Å². The van der Waals surface area contributed by atoms with Crippen molar-refractivity contribution in [2.75, 3.05) is 19.6 Å². The third-order valence-corrected chi connectivity index (χ3v) is 5.51. The summed E-state index contributed by atoms with van der Waals surface area (Å²) < 4.78 is 0. The summed E-state index contributed by atoms with van der Waals surface area (Å²) in [5.74, 6) is 0.843. The van der Waals surface area contributed by atoms with E-state index in [1.54, 1.807) is 0 Å². The molecule has 0 aliphatic carbocycles. The summed E-state index contributed by atoms with van der Waals surface area (Å²) in [6, 6.07) is 0. The molecule has 21 heavy (non-hydrogen) atoms. The van der Waals surface area contributed by atoms with Crippen molar-refractivity contribution in [3.05, 3.63) is 0 Å². The molecule has 2 heteroatoms. The Kier molecular flexibility index (Phi) is 4.81. The molecule has 0 N–H and O–H groups in total. The normalized spacial score (nSPS) is 36.7. The second-order valence-corrected chi connectivity index (χ2v) is 10.1. The fraction of sp³-hybridized carbons (Fsp3) is 1.00. The second kappa shape index (κ2) is 5.85. The quantitative estimate of drug-likeness (QED) is 0.695. The van der Waals surface area contributed by atoms with Crippen molar-refractivity contribution in [2.45, 2.75) is 80.3 Å². The van der Waals surface area contributed by atoms with Crippen LogP contribution in [0.4, 0.5) is 0 Å². The molecule has 1 radical (unpaired) electrons. The maximum Gasteiger partial charge on any atom is 0.0812 e. The zero-order chi connectivity index (χ0) is 15.9. The molecule has 2 rings (SSSR count). The molecule has 0 aromatic carbocycles. The number of nitrogens with zero attached hydrogens (tertiary/aromatic N) is 2. The lowest BCUT2D eigenvalue weighted by molar-refractivity contribution is 0.0283. The molecule has 0 aromatic heterocycles. The summed E-state index contributed by atoms with van der Waals surface area (Å²) in [5, 5.41) is 5.15. The Hall–Kier alpha value is -0.0800. The van der Waals surface area contributed by atoms with Gasteiger partial charge in [0.25, 0.3) is 0 Å². The predicted octanol–water partition coefficient (Wildman–Crippen LogP) is 4.52. The summed E-state index contributed by atoms with van der Waals surface area (Å²) in [5.41, 5.74) is 1.13. The first kappa shape index (κ1) is 17.3. The first-order valence-corrected chi connectivity index (χ1v) is 8.92. The first-order valence-electron chi connectivity index (χ1n) is 8.92. The van der Waals surface area contributed by atoms with Crippen molar-refractivity contribution < 1.29 is 0 Å². The van der Waals surface area contributed by atoms with E-state index >= 15 is 0 Å². The van der Waals surface area contributed by atoms with E-state index in [0.717, 1.165) is 12.5 Å². The van der Waals surface area contributed by atoms with Gasteiger partial charge in [0.1, 0.15) is 0 Å². The van der Waals surface area contributed by atoms with E-state index in [9.17, 15) is 0 Å². The minimum atomic E-state index is 0.281. The Bertz CT molecular complexity index is 357. The molecule has 0 spiro atoms. The van der Waals surface area contributed by atoms with E-state index < -0.39 is 0 Å². The van der Waals surface area contributed by atoms with Crippen molar-refractivity contribution in [1.82, 2.24) is 10.2 Å². The average Bonchev–Trinajstić information content (AvgIpc) is 2.46. The Morgan fingerprint density at radius 2 is 1.67 bits per heavy atom. The number of rotatable bonds is 1. The van der Waals surface area contributed by atoms with Crippen LogP contribution in [0.1, 0.15) is 74.1 Å². The van der Waals surface area contributed by atoms with Crippen LogP contribution < -0.4 is 5.32 Å². The zero-order valence-electron chi connectivity index (χ0n) is 15.5. The van der Waals surface area contributed by atoms with E-state index in [-0.39, 0.29) is 5.41 Å². The number of hydrogen-bond acceptors (Lipinski definition) is 1. The van der Waals surface area contributed by atoms with Crippen molar-refractivity contribution in [1.29, 1.82) is 0 Å². The lowest BCUT2D eigenvalue weighted by atomic mass is 9.73. The lowest BCUT2D eigenvalue weighted by Gasteiger charge is -2.44. The third kappa shape index (κ3) is 4.45. The monoisotopic (exact) mass is 293 g/mol. The number of likely N-dealkylation sites (tertiary alicyclic amines) is 1. The highest BCUT2D eigenvalue weighted by Crippen LogP contribution is 2.43. The van der Waals surface area contributed by atoms with Crippen LogP contribution in [0.5, 0.6) is 0 Å². The molecule has 2 unspecified atom stereocenters. The number of hydrogen-bond donors (Lipinski definition) is 0. The Morgan fingerprint density at radius 1 is 1.00 bits per heavy atom. The fourth-order valence-corrected chi connectivity index (χ4v) is 5.09. The highest BCUT2D eigenvalue weighted by atomic mass is 15.3. The average molecular weight is 294 g/mol. The van der Waals surface area contributed by atoms with Crippen molar-refractivity contribution in [3.8, 4) is 0 Å². The van der Waals surface area contributed by atoms with Gasteiger partial charge in [-0.15, -0.1) is 0 Å². The highest BCUT2D eigenvalue weighted by Gasteiger charge is 2.43. The van der Waals surface area contributed by atoms with Gasteiger partial charge in [-0.1, -0.05) is 48.5 Å². The SMILES string of the molecule is CC1CCN(C2[N]CCC(C)(C)CC2(C)C)CC(C)(C)C1. The van der Waals surface area contributed by atoms with Crippen LogP contribution in [0.25, 0.3) is 0 Å². The minimum absolute atomic E-state index is 0.281. The van der Waals surface area contributed by atoms with Crippen molar-refractivity contribution in [3.63, 3.8) is 0 Å². The highest BCUT2D eigenvalue weighted by molar-refractivity contribution is 4.94. The van der Waals surface area contributed by atoms with Gasteiger partial charge in [0.05, 0.1) is 6.17 Å². The Labute approximate surface area is 133 Å². The van der Waals surface area contributed by atoms with Crippen LogP contribution >= 0.6 is 0 Å². The van der Waals surface area contributed by atoms with Crippen LogP contribution in [0, 0.1) is 22.2 Å². The molecular weight excluding hydrogens is 256 g/mol. The Balaban J connectivity index is 2.18. The van der Waals surface area contributed by atoms with E-state index in [1.165, 1.54) is 38.8 Å². The molecule has 2 heterocycles. The molecule has 0 saturated carbocycles. The first-order chi connectivity index (χ1) is 9.51. The van der Waals surface area contributed by atoms with Gasteiger partial charge in [0.2, 0.25) is 0 Å². The summed E-state index contributed by atoms with van der Waals surface area (Å²) in [6.07, 6.45) is 5.60. The summed E-state index contributed by atoms with van der Waals surface area (Å²) in [6.45, 7) is 20.5. The van der Waals surface area contributed by atoms with Gasteiger partial charge in [-0.3, -0.25) is 4.90 Å². The van der Waals surface area contributed by atoms with Crippen LogP contribution in [0.15, 0.2) is 0 Å². The largest absolute Gasteiger partial charge is 0.286 e. The molecule has 2 saturated heterocycles. The summed E-state index contributed by atoms with van der Waals surface area (Å²) >= 11 is 0. The molecule has 2 fully saturated rings. The summed E-state index contributed by atoms with van der Waals surface area (Å²) in [7, 11) is 0. The van der Waals surface area contributed by atoms with Gasteiger partial charge in [-0.2, -0.15) is 0 Å². The Morgan fingerprint density at radius 3 is 2.33 bits per heavy atom. The van der Waals surface area contributed by atoms with Gasteiger partial charge >= 0.3 is 0 Å². The maximum atomic E-state index is 5.15. The zero-order valence-corrected chi connectivity index (χ0v) is 15.5. The molecule has 2 aliphatic rings. The molecule has 0 amide bonds. The lowest BCUT2D eigenvalue weighted by Crippen LogP contribution is -2.52. The van der Waals surface area contributed by atoms with E-state index in [4.69, 9.17) is 5.32 Å². The van der Waals surface area contributed by atoms with Gasteiger partial charge in [-0.05, 0) is 54.4 Å². The van der Waals surface area contributed by atoms with Gasteiger partial charge in [0.15, 0.2) is 0 Å². The molecular formula is C19H37N2. The van der Waals surface area contributed by atoms with Crippen LogP contribution in [0.3, 0.4) is 0 Å². The topological polar surface area (TPSA) is 17.3 Å². The van der Waals surface area contributed by atoms with Crippen molar-refractivity contribution in [2.24, 2.45) is 22.2 Å². The van der Waals surface area contributed by atoms with Gasteiger partial charge in [-0.25, -0.2) is 5.32 Å². The molecule has 2 aliphatic heterocycles. The molecule has 123 valence electrons. The van der Waals surface area contributed by atoms with Gasteiger partial charge < -0.3 is 0 Å². The fourth-order valence-electron chi connectivity index (χ4n) is 5.09. The molecule has 2 atom stereocenters. The van der Waals surface area contributed by atoms with E-state index in [0.29, 0.717) is 17.0 Å². The van der Waals surface area contributed by atoms with Crippen molar-refractivity contribution >= 4 is 0 Å². The predicted molar refractivity (Wildman–Crippen MR) is 91.3 cm³/mol.